The molecule has 0 unspecified atom stereocenters. The average molecular weight is 719 g/mol. The van der Waals surface area contributed by atoms with Gasteiger partial charge in [-0.25, -0.2) is 0 Å². The minimum absolute atomic E-state index is 0.621. The fraction of sp³-hybridized carbons (Fsp3) is 0.0769. The Bertz CT molecular complexity index is 3050. The van der Waals surface area contributed by atoms with Gasteiger partial charge in [-0.15, -0.1) is 0 Å². The highest BCUT2D eigenvalue weighted by atomic mass is 15.0. The molecule has 0 fully saturated rings. The molecule has 0 spiro atoms. The van der Waals surface area contributed by atoms with Crippen molar-refractivity contribution in [2.45, 2.75) is 27.7 Å². The Morgan fingerprint density at radius 3 is 1.36 bits per heavy atom. The fourth-order valence-corrected chi connectivity index (χ4v) is 8.86. The predicted molar refractivity (Wildman–Crippen MR) is 233 cm³/mol. The third-order valence-electron chi connectivity index (χ3n) is 11.4. The van der Waals surface area contributed by atoms with Gasteiger partial charge in [0.1, 0.15) is 0 Å². The third-order valence-corrected chi connectivity index (χ3v) is 11.4. The van der Waals surface area contributed by atoms with E-state index in [1.165, 1.54) is 66.1 Å². The molecule has 3 aromatic heterocycles. The first-order valence-corrected chi connectivity index (χ1v) is 19.1. The van der Waals surface area contributed by atoms with E-state index in [0.29, 0.717) is 5.56 Å². The number of nitriles is 1. The Morgan fingerprint density at radius 1 is 0.446 bits per heavy atom. The lowest BCUT2D eigenvalue weighted by Gasteiger charge is -2.20. The maximum atomic E-state index is 9.82. The molecule has 56 heavy (non-hydrogen) atoms. The highest BCUT2D eigenvalue weighted by molar-refractivity contribution is 6.13. The number of para-hydroxylation sites is 2. The van der Waals surface area contributed by atoms with E-state index >= 15 is 0 Å². The van der Waals surface area contributed by atoms with Crippen LogP contribution in [0.1, 0.15) is 27.8 Å². The molecule has 0 aliphatic carbocycles. The molecule has 10 aromatic rings. The van der Waals surface area contributed by atoms with Gasteiger partial charge in [0.15, 0.2) is 0 Å². The van der Waals surface area contributed by atoms with Gasteiger partial charge < -0.3 is 9.13 Å². The van der Waals surface area contributed by atoms with Crippen LogP contribution < -0.4 is 0 Å². The first-order valence-electron chi connectivity index (χ1n) is 19.1. The van der Waals surface area contributed by atoms with Crippen molar-refractivity contribution in [3.63, 3.8) is 0 Å². The number of hydrogen-bond acceptors (Lipinski definition) is 2. The number of aromatic nitrogens is 3. The molecule has 0 amide bonds. The molecule has 0 N–H and O–H groups in total. The van der Waals surface area contributed by atoms with E-state index in [1.807, 2.05) is 24.5 Å². The molecule has 3 heterocycles. The Hall–Kier alpha value is -7.22. The molecule has 10 rings (SSSR count). The first kappa shape index (κ1) is 33.4. The minimum atomic E-state index is 0.621. The number of nitrogens with zero attached hydrogens (tertiary/aromatic N) is 4. The summed E-state index contributed by atoms with van der Waals surface area (Å²) in [6, 6.07) is 54.7. The Balaban J connectivity index is 1.32. The number of hydrogen-bond donors (Lipinski definition) is 0. The second-order valence-corrected chi connectivity index (χ2v) is 15.0. The summed E-state index contributed by atoms with van der Waals surface area (Å²) >= 11 is 0. The van der Waals surface area contributed by atoms with Crippen LogP contribution >= 0.6 is 0 Å². The summed E-state index contributed by atoms with van der Waals surface area (Å²) in [6.07, 6.45) is 4.00. The fourth-order valence-electron chi connectivity index (χ4n) is 8.86. The number of pyridine rings is 1. The van der Waals surface area contributed by atoms with Crippen LogP contribution in [-0.4, -0.2) is 14.1 Å². The molecule has 0 aliphatic rings. The number of benzene rings is 7. The van der Waals surface area contributed by atoms with E-state index in [1.54, 1.807) is 0 Å². The zero-order chi connectivity index (χ0) is 38.1. The molecular formula is C52H38N4. The second-order valence-electron chi connectivity index (χ2n) is 15.0. The smallest absolute Gasteiger partial charge is 0.0991 e. The molecule has 4 nitrogen and oxygen atoms in total. The van der Waals surface area contributed by atoms with Gasteiger partial charge in [0, 0.05) is 27.1 Å². The molecule has 0 atom stereocenters. The van der Waals surface area contributed by atoms with Gasteiger partial charge in [0.25, 0.3) is 0 Å². The molecule has 0 aliphatic heterocycles. The van der Waals surface area contributed by atoms with Gasteiger partial charge in [0.05, 0.1) is 57.5 Å². The van der Waals surface area contributed by atoms with Crippen LogP contribution in [0.15, 0.2) is 158 Å². The highest BCUT2D eigenvalue weighted by Crippen LogP contribution is 2.43. The molecule has 4 heteroatoms. The average Bonchev–Trinajstić information content (AvgIpc) is 3.72. The zero-order valence-corrected chi connectivity index (χ0v) is 31.8. The topological polar surface area (TPSA) is 46.5 Å². The van der Waals surface area contributed by atoms with Crippen LogP contribution in [-0.2, 0) is 0 Å². The van der Waals surface area contributed by atoms with Crippen molar-refractivity contribution in [2.75, 3.05) is 0 Å². The molecule has 266 valence electrons. The summed E-state index contributed by atoms with van der Waals surface area (Å²) in [5.41, 5.74) is 18.8. The summed E-state index contributed by atoms with van der Waals surface area (Å²) in [6.45, 7) is 8.67. The maximum Gasteiger partial charge on any atom is 0.0991 e. The number of fused-ring (bicyclic) bond motifs is 6. The lowest BCUT2D eigenvalue weighted by Crippen LogP contribution is -2.05. The Kier molecular flexibility index (Phi) is 7.73. The third kappa shape index (κ3) is 5.24. The van der Waals surface area contributed by atoms with E-state index in [4.69, 9.17) is 4.98 Å². The molecular weight excluding hydrogens is 681 g/mol. The van der Waals surface area contributed by atoms with E-state index < -0.39 is 0 Å². The number of aryl methyl sites for hydroxylation is 4. The molecule has 7 aromatic carbocycles. The second kappa shape index (κ2) is 13.0. The first-order chi connectivity index (χ1) is 27.4. The summed E-state index contributed by atoms with van der Waals surface area (Å²) in [5, 5.41) is 14.5. The van der Waals surface area contributed by atoms with E-state index in [2.05, 4.69) is 176 Å². The van der Waals surface area contributed by atoms with Gasteiger partial charge in [-0.05, 0) is 103 Å². The van der Waals surface area contributed by atoms with Crippen LogP contribution in [0.2, 0.25) is 0 Å². The van der Waals surface area contributed by atoms with Crippen LogP contribution in [0.25, 0.3) is 88.4 Å². The van der Waals surface area contributed by atoms with Crippen molar-refractivity contribution in [1.29, 1.82) is 5.26 Å². The van der Waals surface area contributed by atoms with E-state index in [9.17, 15) is 5.26 Å². The van der Waals surface area contributed by atoms with Crippen molar-refractivity contribution in [2.24, 2.45) is 0 Å². The monoisotopic (exact) mass is 718 g/mol. The molecule has 0 saturated heterocycles. The van der Waals surface area contributed by atoms with Crippen LogP contribution in [0, 0.1) is 39.0 Å². The van der Waals surface area contributed by atoms with Gasteiger partial charge in [-0.3, -0.25) is 4.98 Å². The highest BCUT2D eigenvalue weighted by Gasteiger charge is 2.23. The van der Waals surface area contributed by atoms with Gasteiger partial charge in [-0.2, -0.15) is 5.26 Å². The quantitative estimate of drug-likeness (QED) is 0.178. The summed E-state index contributed by atoms with van der Waals surface area (Å²) < 4.78 is 4.77. The lowest BCUT2D eigenvalue weighted by atomic mass is 9.97. The lowest BCUT2D eigenvalue weighted by molar-refractivity contribution is 1.09. The van der Waals surface area contributed by atoms with Crippen molar-refractivity contribution in [3.05, 3.63) is 186 Å². The molecule has 0 bridgehead atoms. The summed E-state index contributed by atoms with van der Waals surface area (Å²) in [4.78, 5) is 5.06. The van der Waals surface area contributed by atoms with Crippen molar-refractivity contribution >= 4 is 43.6 Å². The van der Waals surface area contributed by atoms with Gasteiger partial charge in [-0.1, -0.05) is 120 Å². The van der Waals surface area contributed by atoms with Crippen molar-refractivity contribution in [3.8, 4) is 50.8 Å². The standard InChI is InChI=1S/C52H38N4/c1-32-13-21-40(34(3)25-32)38-19-23-44-42-9-5-7-11-46(42)55(48(44)27-38)50-30-54-31-51(52(50)37-17-15-36(29-53)16-18-37)56-47-12-8-6-10-43(47)45-24-20-39(28-49(45)56)41-22-14-33(2)26-35(41)4/h5-28,30-31H,1-4H3. The maximum absolute atomic E-state index is 9.82. The van der Waals surface area contributed by atoms with Crippen molar-refractivity contribution < 1.29 is 0 Å². The Labute approximate surface area is 326 Å². The van der Waals surface area contributed by atoms with Crippen molar-refractivity contribution in [1.82, 2.24) is 14.1 Å². The largest absolute Gasteiger partial charge is 0.307 e. The van der Waals surface area contributed by atoms with Gasteiger partial charge >= 0.3 is 0 Å². The van der Waals surface area contributed by atoms with Gasteiger partial charge in [0.2, 0.25) is 0 Å². The zero-order valence-electron chi connectivity index (χ0n) is 31.8. The Morgan fingerprint density at radius 2 is 0.893 bits per heavy atom. The van der Waals surface area contributed by atoms with E-state index in [0.717, 1.165) is 44.6 Å². The van der Waals surface area contributed by atoms with Crippen LogP contribution in [0.3, 0.4) is 0 Å². The summed E-state index contributed by atoms with van der Waals surface area (Å²) in [5.74, 6) is 0. The predicted octanol–water partition coefficient (Wildman–Crippen LogP) is 13.4. The van der Waals surface area contributed by atoms with Crippen LogP contribution in [0.4, 0.5) is 0 Å². The summed E-state index contributed by atoms with van der Waals surface area (Å²) in [7, 11) is 0. The molecule has 0 radical (unpaired) electrons. The minimum Gasteiger partial charge on any atom is -0.307 e. The molecule has 0 saturated carbocycles. The van der Waals surface area contributed by atoms with E-state index in [-0.39, 0.29) is 0 Å². The number of rotatable bonds is 5. The normalized spacial score (nSPS) is 11.6. The van der Waals surface area contributed by atoms with Crippen LogP contribution in [0.5, 0.6) is 0 Å². The SMILES string of the molecule is Cc1ccc(-c2ccc3c4ccccc4n(-c4cncc(-n5c6ccccc6c6ccc(-c7ccc(C)cc7C)cc65)c4-c4ccc(C#N)cc4)c3c2)c(C)c1.